The van der Waals surface area contributed by atoms with E-state index in [-0.39, 0.29) is 0 Å². The average Bonchev–Trinajstić information content (AvgIpc) is 3.01. The largest absolute Gasteiger partial charge is 0.342 e. The summed E-state index contributed by atoms with van der Waals surface area (Å²) >= 11 is 0. The van der Waals surface area contributed by atoms with E-state index < -0.39 is 0 Å². The van der Waals surface area contributed by atoms with E-state index in [0.717, 1.165) is 26.2 Å². The molecule has 3 nitrogen and oxygen atoms in total. The van der Waals surface area contributed by atoms with Crippen molar-refractivity contribution in [1.29, 1.82) is 0 Å². The summed E-state index contributed by atoms with van der Waals surface area (Å²) in [6.07, 6.45) is 11.8. The van der Waals surface area contributed by atoms with Crippen molar-refractivity contribution in [1.82, 2.24) is 10.2 Å². The highest BCUT2D eigenvalue weighted by atomic mass is 16.2. The molecule has 4 rings (SSSR count). The third-order valence-corrected chi connectivity index (χ3v) is 6.75. The molecule has 2 heterocycles. The van der Waals surface area contributed by atoms with Crippen LogP contribution in [0.3, 0.4) is 0 Å². The molecule has 1 atom stereocenters. The minimum atomic E-state index is 0.378. The molecule has 2 spiro atoms. The van der Waals surface area contributed by atoms with Gasteiger partial charge in [-0.25, -0.2) is 0 Å². The van der Waals surface area contributed by atoms with E-state index in [1.807, 2.05) is 0 Å². The second-order valence-corrected chi connectivity index (χ2v) is 7.94. The number of carbonyl (C=O) groups excluding carboxylic acids is 1. The maximum atomic E-state index is 12.8. The van der Waals surface area contributed by atoms with Crippen molar-refractivity contribution >= 4 is 5.91 Å². The lowest BCUT2D eigenvalue weighted by molar-refractivity contribution is -0.133. The highest BCUT2D eigenvalue weighted by Gasteiger charge is 2.59. The van der Waals surface area contributed by atoms with Crippen LogP contribution in [-0.4, -0.2) is 37.0 Å². The molecular weight excluding hydrogens is 248 g/mol. The lowest BCUT2D eigenvalue weighted by Gasteiger charge is -2.33. The summed E-state index contributed by atoms with van der Waals surface area (Å²) in [7, 11) is 0. The number of rotatable bonds is 1. The van der Waals surface area contributed by atoms with Crippen molar-refractivity contribution in [2.24, 2.45) is 16.7 Å². The van der Waals surface area contributed by atoms with Crippen molar-refractivity contribution in [3.8, 4) is 0 Å². The highest BCUT2D eigenvalue weighted by Crippen LogP contribution is 2.59. The van der Waals surface area contributed by atoms with Gasteiger partial charge in [0.05, 0.1) is 0 Å². The van der Waals surface area contributed by atoms with Crippen LogP contribution in [-0.2, 0) is 4.79 Å². The first-order valence-corrected chi connectivity index (χ1v) is 8.73. The Hall–Kier alpha value is -0.570. The van der Waals surface area contributed by atoms with Crippen LogP contribution in [0.4, 0.5) is 0 Å². The van der Waals surface area contributed by atoms with E-state index >= 15 is 0 Å². The molecule has 2 saturated carbocycles. The van der Waals surface area contributed by atoms with E-state index in [0.29, 0.717) is 22.7 Å². The van der Waals surface area contributed by atoms with E-state index in [1.54, 1.807) is 0 Å². The van der Waals surface area contributed by atoms with Crippen LogP contribution in [0, 0.1) is 16.7 Å². The molecular formula is C17H28N2O. The molecule has 0 radical (unpaired) electrons. The Morgan fingerprint density at radius 3 is 2.50 bits per heavy atom. The summed E-state index contributed by atoms with van der Waals surface area (Å²) in [5, 5.41) is 3.43. The topological polar surface area (TPSA) is 32.3 Å². The SMILES string of the molecule is O=C(C1CC12CCNCC2)N1CCC2(CCCCC2)C1. The smallest absolute Gasteiger partial charge is 0.226 e. The normalized spacial score (nSPS) is 34.6. The van der Waals surface area contributed by atoms with Crippen LogP contribution in [0.25, 0.3) is 0 Å². The maximum Gasteiger partial charge on any atom is 0.226 e. The Morgan fingerprint density at radius 1 is 1.00 bits per heavy atom. The van der Waals surface area contributed by atoms with Crippen LogP contribution in [0.5, 0.6) is 0 Å². The second-order valence-electron chi connectivity index (χ2n) is 7.94. The fourth-order valence-corrected chi connectivity index (χ4v) is 5.23. The van der Waals surface area contributed by atoms with E-state index in [1.165, 1.54) is 57.8 Å². The zero-order chi connectivity index (χ0) is 13.6. The van der Waals surface area contributed by atoms with Gasteiger partial charge in [0.15, 0.2) is 0 Å². The van der Waals surface area contributed by atoms with Crippen LogP contribution in [0.1, 0.15) is 57.8 Å². The van der Waals surface area contributed by atoms with Gasteiger partial charge in [0.25, 0.3) is 0 Å². The zero-order valence-corrected chi connectivity index (χ0v) is 12.6. The average molecular weight is 276 g/mol. The number of nitrogens with one attached hydrogen (secondary N) is 1. The monoisotopic (exact) mass is 276 g/mol. The molecule has 1 unspecified atom stereocenters. The molecule has 2 aliphatic heterocycles. The summed E-state index contributed by atoms with van der Waals surface area (Å²) in [5.74, 6) is 0.887. The third kappa shape index (κ3) is 2.09. The Morgan fingerprint density at radius 2 is 1.75 bits per heavy atom. The molecule has 20 heavy (non-hydrogen) atoms. The first kappa shape index (κ1) is 13.1. The van der Waals surface area contributed by atoms with Crippen LogP contribution >= 0.6 is 0 Å². The van der Waals surface area contributed by atoms with Gasteiger partial charge in [0, 0.05) is 19.0 Å². The molecule has 0 aromatic rings. The predicted octanol–water partition coefficient (Wildman–Crippen LogP) is 2.56. The van der Waals surface area contributed by atoms with Gasteiger partial charge < -0.3 is 10.2 Å². The second kappa shape index (κ2) is 4.72. The Bertz CT molecular complexity index is 394. The summed E-state index contributed by atoms with van der Waals surface area (Å²) in [4.78, 5) is 15.1. The van der Waals surface area contributed by atoms with E-state index in [2.05, 4.69) is 10.2 Å². The summed E-state index contributed by atoms with van der Waals surface area (Å²) in [6.45, 7) is 4.36. The number of carbonyl (C=O) groups is 1. The van der Waals surface area contributed by atoms with Gasteiger partial charge in [-0.05, 0) is 62.4 Å². The third-order valence-electron chi connectivity index (χ3n) is 6.75. The maximum absolute atomic E-state index is 12.8. The van der Waals surface area contributed by atoms with Gasteiger partial charge in [0.1, 0.15) is 0 Å². The van der Waals surface area contributed by atoms with E-state index in [4.69, 9.17) is 0 Å². The summed E-state index contributed by atoms with van der Waals surface area (Å²) in [6, 6.07) is 0. The number of hydrogen-bond acceptors (Lipinski definition) is 2. The Balaban J connectivity index is 1.38. The molecule has 0 bridgehead atoms. The first-order chi connectivity index (χ1) is 9.73. The molecule has 112 valence electrons. The van der Waals surface area contributed by atoms with Crippen LogP contribution in [0.2, 0.25) is 0 Å². The molecule has 1 amide bonds. The molecule has 1 N–H and O–H groups in total. The zero-order valence-electron chi connectivity index (χ0n) is 12.6. The predicted molar refractivity (Wildman–Crippen MR) is 79.4 cm³/mol. The minimum absolute atomic E-state index is 0.378. The summed E-state index contributed by atoms with van der Waals surface area (Å²) in [5.41, 5.74) is 0.925. The lowest BCUT2D eigenvalue weighted by atomic mass is 9.73. The van der Waals surface area contributed by atoms with Crippen LogP contribution < -0.4 is 5.32 Å². The number of amides is 1. The molecule has 0 aromatic carbocycles. The molecule has 2 saturated heterocycles. The van der Waals surface area contributed by atoms with Gasteiger partial charge >= 0.3 is 0 Å². The van der Waals surface area contributed by atoms with Crippen molar-refractivity contribution in [3.63, 3.8) is 0 Å². The van der Waals surface area contributed by atoms with E-state index in [9.17, 15) is 4.79 Å². The van der Waals surface area contributed by atoms with Gasteiger partial charge in [0.2, 0.25) is 5.91 Å². The number of piperidine rings is 1. The van der Waals surface area contributed by atoms with Crippen molar-refractivity contribution < 1.29 is 4.79 Å². The fourth-order valence-electron chi connectivity index (χ4n) is 5.23. The van der Waals surface area contributed by atoms with Crippen molar-refractivity contribution in [3.05, 3.63) is 0 Å². The number of hydrogen-bond donors (Lipinski definition) is 1. The van der Waals surface area contributed by atoms with Gasteiger partial charge in [-0.15, -0.1) is 0 Å². The fraction of sp³-hybridized carbons (Fsp3) is 0.941. The molecule has 0 aromatic heterocycles. The van der Waals surface area contributed by atoms with Gasteiger partial charge in [-0.3, -0.25) is 4.79 Å². The molecule has 2 aliphatic carbocycles. The van der Waals surface area contributed by atoms with Crippen LogP contribution in [0.15, 0.2) is 0 Å². The van der Waals surface area contributed by atoms with Crippen molar-refractivity contribution in [2.75, 3.05) is 26.2 Å². The Kier molecular flexibility index (Phi) is 3.10. The van der Waals surface area contributed by atoms with Crippen molar-refractivity contribution in [2.45, 2.75) is 57.8 Å². The Labute approximate surface area is 122 Å². The summed E-state index contributed by atoms with van der Waals surface area (Å²) < 4.78 is 0. The number of likely N-dealkylation sites (tertiary alicyclic amines) is 1. The van der Waals surface area contributed by atoms with Gasteiger partial charge in [-0.1, -0.05) is 19.3 Å². The molecule has 4 aliphatic rings. The minimum Gasteiger partial charge on any atom is -0.342 e. The quantitative estimate of drug-likeness (QED) is 0.798. The number of nitrogens with zero attached hydrogens (tertiary/aromatic N) is 1. The standard InChI is InChI=1S/C17H28N2O/c20-15(14-12-17(14)6-9-18-10-7-17)19-11-8-16(13-19)4-2-1-3-5-16/h14,18H,1-13H2. The first-order valence-electron chi connectivity index (χ1n) is 8.73. The highest BCUT2D eigenvalue weighted by molar-refractivity contribution is 5.83. The van der Waals surface area contributed by atoms with Gasteiger partial charge in [-0.2, -0.15) is 0 Å². The molecule has 3 heteroatoms. The lowest BCUT2D eigenvalue weighted by Crippen LogP contribution is -2.37. The molecule has 4 fully saturated rings.